The molecule has 1 aromatic rings. The van der Waals surface area contributed by atoms with Crippen molar-refractivity contribution < 1.29 is 8.42 Å². The molecule has 88 valence electrons. The Labute approximate surface area is 104 Å². The van der Waals surface area contributed by atoms with Crippen LogP contribution in [0.25, 0.3) is 0 Å². The summed E-state index contributed by atoms with van der Waals surface area (Å²) in [7, 11) is -2.79. The van der Waals surface area contributed by atoms with Crippen molar-refractivity contribution in [1.82, 2.24) is 4.98 Å². The van der Waals surface area contributed by atoms with Crippen molar-refractivity contribution in [1.29, 1.82) is 0 Å². The van der Waals surface area contributed by atoms with E-state index < -0.39 is 9.84 Å². The van der Waals surface area contributed by atoms with Crippen molar-refractivity contribution in [2.75, 3.05) is 16.8 Å². The Hall–Kier alpha value is -0.620. The van der Waals surface area contributed by atoms with Gasteiger partial charge in [0.15, 0.2) is 0 Å². The lowest BCUT2D eigenvalue weighted by molar-refractivity contribution is 0.559. The van der Waals surface area contributed by atoms with Crippen LogP contribution in [-0.2, 0) is 9.84 Å². The molecule has 1 N–H and O–H groups in total. The van der Waals surface area contributed by atoms with Crippen LogP contribution in [0.4, 0.5) is 5.82 Å². The molecule has 0 atom stereocenters. The van der Waals surface area contributed by atoms with Gasteiger partial charge < -0.3 is 5.32 Å². The summed E-state index contributed by atoms with van der Waals surface area (Å²) >= 11 is 3.40. The fourth-order valence-corrected chi connectivity index (χ4v) is 3.58. The van der Waals surface area contributed by atoms with Crippen molar-refractivity contribution in [3.05, 3.63) is 22.8 Å². The van der Waals surface area contributed by atoms with Gasteiger partial charge in [-0.25, -0.2) is 13.4 Å². The maximum Gasteiger partial charge on any atom is 0.150 e. The molecular weight excluding hydrogens is 292 g/mol. The molecule has 0 unspecified atom stereocenters. The zero-order valence-corrected chi connectivity index (χ0v) is 11.1. The number of nitrogens with one attached hydrogen (secondary N) is 1. The number of rotatable bonds is 2. The van der Waals surface area contributed by atoms with Crippen LogP contribution in [0.1, 0.15) is 12.8 Å². The number of aromatic nitrogens is 1. The van der Waals surface area contributed by atoms with Gasteiger partial charge in [0.1, 0.15) is 15.7 Å². The van der Waals surface area contributed by atoms with E-state index in [9.17, 15) is 8.42 Å². The first-order valence-corrected chi connectivity index (χ1v) is 7.76. The highest BCUT2D eigenvalue weighted by molar-refractivity contribution is 9.10. The quantitative estimate of drug-likeness (QED) is 0.905. The summed E-state index contributed by atoms with van der Waals surface area (Å²) < 4.78 is 23.4. The van der Waals surface area contributed by atoms with Gasteiger partial charge in [-0.1, -0.05) is 0 Å². The van der Waals surface area contributed by atoms with Gasteiger partial charge in [0.05, 0.1) is 16.0 Å². The van der Waals surface area contributed by atoms with E-state index in [4.69, 9.17) is 0 Å². The first kappa shape index (κ1) is 11.9. The lowest BCUT2D eigenvalue weighted by atomic mass is 10.1. The molecule has 0 aromatic carbocycles. The largest absolute Gasteiger partial charge is 0.366 e. The Bertz CT molecular complexity index is 461. The second-order valence-corrected chi connectivity index (χ2v) is 7.06. The zero-order chi connectivity index (χ0) is 11.6. The van der Waals surface area contributed by atoms with Crippen molar-refractivity contribution in [2.45, 2.75) is 18.9 Å². The van der Waals surface area contributed by atoms with Gasteiger partial charge in [0, 0.05) is 12.2 Å². The van der Waals surface area contributed by atoms with Crippen molar-refractivity contribution in [3.8, 4) is 0 Å². The third-order valence-corrected chi connectivity index (χ3v) is 5.01. The molecule has 0 aliphatic carbocycles. The average Bonchev–Trinajstić information content (AvgIpc) is 2.24. The minimum Gasteiger partial charge on any atom is -0.366 e. The van der Waals surface area contributed by atoms with Gasteiger partial charge in [0.25, 0.3) is 0 Å². The minimum absolute atomic E-state index is 0.203. The molecule has 16 heavy (non-hydrogen) atoms. The van der Waals surface area contributed by atoms with Crippen LogP contribution in [0.2, 0.25) is 0 Å². The maximum absolute atomic E-state index is 11.3. The first-order chi connectivity index (χ1) is 7.57. The standard InChI is InChI=1S/C10H13BrN2O2S/c11-9-2-1-5-12-10(9)13-8-3-6-16(14,15)7-4-8/h1-2,5,8H,3-4,6-7H2,(H,12,13). The van der Waals surface area contributed by atoms with Crippen LogP contribution in [0, 0.1) is 0 Å². The Morgan fingerprint density at radius 2 is 2.06 bits per heavy atom. The highest BCUT2D eigenvalue weighted by Gasteiger charge is 2.23. The second-order valence-electron chi connectivity index (χ2n) is 3.90. The molecule has 4 nitrogen and oxygen atoms in total. The summed E-state index contributed by atoms with van der Waals surface area (Å²) in [5.41, 5.74) is 0. The molecule has 0 spiro atoms. The smallest absolute Gasteiger partial charge is 0.150 e. The molecule has 1 saturated heterocycles. The van der Waals surface area contributed by atoms with Gasteiger partial charge in [-0.3, -0.25) is 0 Å². The van der Waals surface area contributed by atoms with Gasteiger partial charge >= 0.3 is 0 Å². The normalized spacial score (nSPS) is 20.6. The molecule has 1 aromatic heterocycles. The molecular formula is C10H13BrN2O2S. The topological polar surface area (TPSA) is 59.1 Å². The van der Waals surface area contributed by atoms with E-state index in [1.165, 1.54) is 0 Å². The number of hydrogen-bond donors (Lipinski definition) is 1. The van der Waals surface area contributed by atoms with E-state index in [2.05, 4.69) is 26.2 Å². The Kier molecular flexibility index (Phi) is 3.49. The van der Waals surface area contributed by atoms with Gasteiger partial charge in [-0.05, 0) is 40.9 Å². The molecule has 2 heterocycles. The Balaban J connectivity index is 2.00. The number of sulfone groups is 1. The van der Waals surface area contributed by atoms with Gasteiger partial charge in [0.2, 0.25) is 0 Å². The van der Waals surface area contributed by atoms with Gasteiger partial charge in [-0.2, -0.15) is 0 Å². The SMILES string of the molecule is O=S1(=O)CCC(Nc2ncccc2Br)CC1. The molecule has 0 radical (unpaired) electrons. The van der Waals surface area contributed by atoms with E-state index in [1.54, 1.807) is 6.20 Å². The fourth-order valence-electron chi connectivity index (χ4n) is 1.72. The Morgan fingerprint density at radius 3 is 2.69 bits per heavy atom. The number of nitrogens with zero attached hydrogens (tertiary/aromatic N) is 1. The molecule has 2 rings (SSSR count). The highest BCUT2D eigenvalue weighted by Crippen LogP contribution is 2.22. The van der Waals surface area contributed by atoms with Crippen molar-refractivity contribution >= 4 is 31.6 Å². The summed E-state index contributed by atoms with van der Waals surface area (Å²) in [6.45, 7) is 0. The lowest BCUT2D eigenvalue weighted by Gasteiger charge is -2.23. The van der Waals surface area contributed by atoms with Gasteiger partial charge in [-0.15, -0.1) is 0 Å². The number of hydrogen-bond acceptors (Lipinski definition) is 4. The summed E-state index contributed by atoms with van der Waals surface area (Å²) in [4.78, 5) is 4.20. The maximum atomic E-state index is 11.3. The summed E-state index contributed by atoms with van der Waals surface area (Å²) in [5, 5.41) is 3.26. The van der Waals surface area contributed by atoms with Crippen LogP contribution in [0.5, 0.6) is 0 Å². The highest BCUT2D eigenvalue weighted by atomic mass is 79.9. The van der Waals surface area contributed by atoms with Crippen molar-refractivity contribution in [2.24, 2.45) is 0 Å². The molecule has 0 bridgehead atoms. The molecule has 1 aliphatic heterocycles. The van der Waals surface area contributed by atoms with E-state index in [1.807, 2.05) is 12.1 Å². The predicted molar refractivity (Wildman–Crippen MR) is 67.2 cm³/mol. The summed E-state index contributed by atoms with van der Waals surface area (Å²) in [5.74, 6) is 1.33. The monoisotopic (exact) mass is 304 g/mol. The van der Waals surface area contributed by atoms with E-state index >= 15 is 0 Å². The number of halogens is 1. The summed E-state index contributed by atoms with van der Waals surface area (Å²) in [6, 6.07) is 3.96. The molecule has 6 heteroatoms. The molecule has 1 fully saturated rings. The fraction of sp³-hybridized carbons (Fsp3) is 0.500. The first-order valence-electron chi connectivity index (χ1n) is 5.14. The van der Waals surface area contributed by atoms with Crippen LogP contribution in [0.15, 0.2) is 22.8 Å². The zero-order valence-electron chi connectivity index (χ0n) is 8.69. The van der Waals surface area contributed by atoms with Crippen LogP contribution >= 0.6 is 15.9 Å². The molecule has 0 amide bonds. The third kappa shape index (κ3) is 2.95. The Morgan fingerprint density at radius 1 is 1.38 bits per heavy atom. The van der Waals surface area contributed by atoms with E-state index in [0.29, 0.717) is 12.8 Å². The number of pyridine rings is 1. The van der Waals surface area contributed by atoms with Crippen LogP contribution in [-0.4, -0.2) is 30.9 Å². The number of anilines is 1. The predicted octanol–water partition coefficient (Wildman–Crippen LogP) is 1.83. The van der Waals surface area contributed by atoms with Crippen LogP contribution < -0.4 is 5.32 Å². The lowest BCUT2D eigenvalue weighted by Crippen LogP contribution is -2.32. The van der Waals surface area contributed by atoms with E-state index in [-0.39, 0.29) is 17.5 Å². The van der Waals surface area contributed by atoms with Crippen LogP contribution in [0.3, 0.4) is 0 Å². The summed E-state index contributed by atoms with van der Waals surface area (Å²) in [6.07, 6.45) is 3.03. The van der Waals surface area contributed by atoms with Crippen molar-refractivity contribution in [3.63, 3.8) is 0 Å². The van der Waals surface area contributed by atoms with E-state index in [0.717, 1.165) is 10.3 Å². The molecule has 1 aliphatic rings. The molecule has 0 saturated carbocycles. The second kappa shape index (κ2) is 4.71. The third-order valence-electron chi connectivity index (χ3n) is 2.65. The minimum atomic E-state index is -2.79. The average molecular weight is 305 g/mol.